The fraction of sp³-hybridized carbons (Fsp3) is 0.409. The Bertz CT molecular complexity index is 1170. The monoisotopic (exact) mass is 492 g/mol. The number of carbonyl (C=O) groups is 1. The number of nitrogens with zero attached hydrogens (tertiary/aromatic N) is 4. The van der Waals surface area contributed by atoms with E-state index in [4.69, 9.17) is 9.47 Å². The van der Waals surface area contributed by atoms with Crippen LogP contribution in [0.2, 0.25) is 0 Å². The summed E-state index contributed by atoms with van der Waals surface area (Å²) in [6, 6.07) is 4.46. The van der Waals surface area contributed by atoms with E-state index in [0.717, 1.165) is 12.8 Å². The van der Waals surface area contributed by atoms with E-state index in [1.165, 1.54) is 11.1 Å². The number of rotatable bonds is 10. The number of carbonyl (C=O) groups excluding carboxylic acids is 1. The minimum atomic E-state index is -1.21. The number of fused-ring (bicyclic) bond motifs is 1. The van der Waals surface area contributed by atoms with E-state index in [1.54, 1.807) is 49.6 Å². The van der Waals surface area contributed by atoms with Crippen LogP contribution in [0.3, 0.4) is 0 Å². The highest BCUT2D eigenvalue weighted by Crippen LogP contribution is 2.43. The maximum Gasteiger partial charge on any atom is 0.320 e. The van der Waals surface area contributed by atoms with Crippen molar-refractivity contribution >= 4 is 35.2 Å². The lowest BCUT2D eigenvalue weighted by Crippen LogP contribution is -2.37. The van der Waals surface area contributed by atoms with E-state index in [9.17, 15) is 13.1 Å². The van der Waals surface area contributed by atoms with Gasteiger partial charge in [0.05, 0.1) is 25.3 Å². The Hall–Kier alpha value is -3.12. The number of hydrogen-bond acceptors (Lipinski definition) is 7. The van der Waals surface area contributed by atoms with E-state index >= 15 is 0 Å². The maximum atomic E-state index is 13.8. The Morgan fingerprint density at radius 2 is 2.15 bits per heavy atom. The van der Waals surface area contributed by atoms with E-state index < -0.39 is 12.2 Å². The zero-order chi connectivity index (χ0) is 24.2. The average Bonchev–Trinajstić information content (AvgIpc) is 3.55. The minimum Gasteiger partial charge on any atom is -0.490 e. The molecular weight excluding hydrogens is 466 g/mol. The Kier molecular flexibility index (Phi) is 7.37. The summed E-state index contributed by atoms with van der Waals surface area (Å²) in [5, 5.41) is 5.66. The summed E-state index contributed by atoms with van der Waals surface area (Å²) < 4.78 is 40.4. The summed E-state index contributed by atoms with van der Waals surface area (Å²) in [7, 11) is 5.01. The number of alkyl halides is 1. The lowest BCUT2D eigenvalue weighted by atomic mass is 10.1. The fourth-order valence-electron chi connectivity index (χ4n) is 3.51. The summed E-state index contributed by atoms with van der Waals surface area (Å²) in [5.41, 5.74) is 1.53. The summed E-state index contributed by atoms with van der Waals surface area (Å²) in [5.74, 6) is 1.14. The van der Waals surface area contributed by atoms with Crippen LogP contribution in [0.1, 0.15) is 12.8 Å². The molecule has 1 aliphatic carbocycles. The van der Waals surface area contributed by atoms with Crippen LogP contribution in [0.5, 0.6) is 11.6 Å². The Labute approximate surface area is 200 Å². The van der Waals surface area contributed by atoms with Gasteiger partial charge in [-0.15, -0.1) is 3.89 Å². The van der Waals surface area contributed by atoms with E-state index in [1.807, 2.05) is 0 Å². The van der Waals surface area contributed by atoms with Gasteiger partial charge in [-0.1, -0.05) is 0 Å². The van der Waals surface area contributed by atoms with E-state index in [2.05, 4.69) is 20.6 Å². The molecule has 1 atom stereocenters. The normalized spacial score (nSPS) is 14.3. The van der Waals surface area contributed by atoms with Crippen molar-refractivity contribution in [3.8, 4) is 22.8 Å². The van der Waals surface area contributed by atoms with Crippen LogP contribution >= 0.6 is 12.3 Å². The zero-order valence-electron chi connectivity index (χ0n) is 19.0. The van der Waals surface area contributed by atoms with Crippen LogP contribution in [-0.2, 0) is 0 Å². The molecule has 1 aliphatic rings. The van der Waals surface area contributed by atoms with Gasteiger partial charge >= 0.3 is 6.03 Å². The van der Waals surface area contributed by atoms with Crippen LogP contribution < -0.4 is 20.1 Å². The Morgan fingerprint density at radius 1 is 1.35 bits per heavy atom. The third-order valence-corrected chi connectivity index (χ3v) is 5.57. The number of anilines is 1. The van der Waals surface area contributed by atoms with Crippen molar-refractivity contribution in [3.63, 3.8) is 0 Å². The smallest absolute Gasteiger partial charge is 0.320 e. The highest BCUT2D eigenvalue weighted by atomic mass is 32.2. The molecule has 3 heterocycles. The number of hydrogen-bond donors (Lipinski definition) is 2. The lowest BCUT2D eigenvalue weighted by Gasteiger charge is -2.15. The molecule has 9 nitrogen and oxygen atoms in total. The molecular formula is C22H26F2N6O3S. The largest absolute Gasteiger partial charge is 0.490 e. The maximum absolute atomic E-state index is 13.8. The van der Waals surface area contributed by atoms with Crippen LogP contribution in [0, 0.1) is 0 Å². The number of aromatic nitrogens is 3. The number of amides is 2. The second kappa shape index (κ2) is 10.4. The fourth-order valence-corrected chi connectivity index (χ4v) is 3.86. The molecule has 4 rings (SSSR count). The van der Waals surface area contributed by atoms with Gasteiger partial charge in [-0.3, -0.25) is 5.32 Å². The molecule has 1 saturated carbocycles. The van der Waals surface area contributed by atoms with E-state index in [-0.39, 0.29) is 37.3 Å². The molecule has 0 spiro atoms. The highest BCUT2D eigenvalue weighted by Gasteiger charge is 2.27. The lowest BCUT2D eigenvalue weighted by molar-refractivity contribution is 0.228. The summed E-state index contributed by atoms with van der Waals surface area (Å²) in [6.45, 7) is 0.0520. The predicted molar refractivity (Wildman–Crippen MR) is 128 cm³/mol. The molecule has 12 heteroatoms. The van der Waals surface area contributed by atoms with Crippen LogP contribution in [0.15, 0.2) is 30.6 Å². The van der Waals surface area contributed by atoms with Crippen molar-refractivity contribution in [2.45, 2.75) is 25.1 Å². The first kappa shape index (κ1) is 24.0. The molecule has 2 N–H and O–H groups in total. The van der Waals surface area contributed by atoms with Crippen molar-refractivity contribution in [1.82, 2.24) is 24.2 Å². The molecule has 0 saturated heterocycles. The van der Waals surface area contributed by atoms with Gasteiger partial charge in [0.15, 0.2) is 18.0 Å². The van der Waals surface area contributed by atoms with Crippen molar-refractivity contribution in [2.24, 2.45) is 0 Å². The van der Waals surface area contributed by atoms with Crippen LogP contribution in [-0.4, -0.2) is 71.4 Å². The molecule has 0 bridgehead atoms. The topological polar surface area (TPSA) is 93.5 Å². The molecule has 0 radical (unpaired) electrons. The molecule has 182 valence electrons. The van der Waals surface area contributed by atoms with Crippen molar-refractivity contribution in [1.29, 1.82) is 0 Å². The van der Waals surface area contributed by atoms with E-state index in [0.29, 0.717) is 33.8 Å². The first-order valence-corrected chi connectivity index (χ1v) is 11.4. The molecule has 34 heavy (non-hydrogen) atoms. The summed E-state index contributed by atoms with van der Waals surface area (Å²) in [4.78, 5) is 22.6. The SMILES string of the molecule is COc1nccc(OC2CC2)c1-c1cn(SF)c2nc(NC(=O)NCC(F)CN(C)C)ccc12. The van der Waals surface area contributed by atoms with Gasteiger partial charge in [0.1, 0.15) is 17.7 Å². The average molecular weight is 493 g/mol. The number of methoxy groups -OCH3 is 1. The summed E-state index contributed by atoms with van der Waals surface area (Å²) >= 11 is -0.0237. The number of urea groups is 1. The number of pyridine rings is 2. The third-order valence-electron chi connectivity index (χ3n) is 5.14. The molecule has 0 aromatic carbocycles. The standard InChI is InChI=1S/C22H26F2N6O3S/c1-29(2)11-13(23)10-26-22(31)28-18-7-6-15-16(12-30(34-24)20(15)27-18)19-17(33-14-4-5-14)8-9-25-21(19)32-3/h6-9,12-14H,4-5,10-11H2,1-3H3,(H2,26,27,28,31). The van der Waals surface area contributed by atoms with Crippen molar-refractivity contribution < 1.29 is 22.5 Å². The Morgan fingerprint density at radius 3 is 2.82 bits per heavy atom. The predicted octanol–water partition coefficient (Wildman–Crippen LogP) is 4.05. The van der Waals surface area contributed by atoms with Gasteiger partial charge in [-0.2, -0.15) is 0 Å². The van der Waals surface area contributed by atoms with Crippen molar-refractivity contribution in [3.05, 3.63) is 30.6 Å². The van der Waals surface area contributed by atoms with Gasteiger partial charge in [0.25, 0.3) is 0 Å². The zero-order valence-corrected chi connectivity index (χ0v) is 19.9. The molecule has 3 aromatic heterocycles. The molecule has 2 amide bonds. The molecule has 0 aliphatic heterocycles. The first-order valence-electron chi connectivity index (χ1n) is 10.7. The van der Waals surface area contributed by atoms with Gasteiger partial charge in [0.2, 0.25) is 5.88 Å². The number of ether oxygens (including phenoxy) is 2. The quantitative estimate of drug-likeness (QED) is 0.441. The first-order chi connectivity index (χ1) is 16.4. The minimum absolute atomic E-state index is 0.0237. The highest BCUT2D eigenvalue weighted by molar-refractivity contribution is 7.92. The second-order valence-electron chi connectivity index (χ2n) is 8.21. The third kappa shape index (κ3) is 5.50. The molecule has 1 fully saturated rings. The number of halogens is 2. The van der Waals surface area contributed by atoms with Gasteiger partial charge in [-0.25, -0.2) is 23.1 Å². The van der Waals surface area contributed by atoms with Gasteiger partial charge < -0.3 is 19.7 Å². The van der Waals surface area contributed by atoms with Crippen LogP contribution in [0.4, 0.5) is 18.9 Å². The Balaban J connectivity index is 1.61. The second-order valence-corrected chi connectivity index (χ2v) is 8.74. The molecule has 3 aromatic rings. The molecule has 1 unspecified atom stereocenters. The van der Waals surface area contributed by atoms with Gasteiger partial charge in [-0.05, 0) is 45.1 Å². The van der Waals surface area contributed by atoms with Crippen molar-refractivity contribution in [2.75, 3.05) is 39.6 Å². The number of nitrogens with one attached hydrogen (secondary N) is 2. The van der Waals surface area contributed by atoms with Gasteiger partial charge in [0, 0.05) is 29.9 Å². The summed E-state index contributed by atoms with van der Waals surface area (Å²) in [6.07, 6.45) is 4.07. The van der Waals surface area contributed by atoms with Crippen LogP contribution in [0.25, 0.3) is 22.2 Å².